The van der Waals surface area contributed by atoms with Gasteiger partial charge in [-0.15, -0.1) is 0 Å². The van der Waals surface area contributed by atoms with Gasteiger partial charge in [0.2, 0.25) is 0 Å². The van der Waals surface area contributed by atoms with Crippen LogP contribution in [0.1, 0.15) is 175 Å². The molecule has 49 heavy (non-hydrogen) atoms. The molecule has 10 atom stereocenters. The zero-order valence-electron chi connectivity index (χ0n) is 31.0. The number of aromatic hydroxyl groups is 3. The van der Waals surface area contributed by atoms with E-state index in [1.54, 1.807) is 0 Å². The Kier molecular flexibility index (Phi) is 9.86. The van der Waals surface area contributed by atoms with Gasteiger partial charge in [-0.2, -0.15) is 0 Å². The molecule has 0 radical (unpaired) electrons. The van der Waals surface area contributed by atoms with Crippen molar-refractivity contribution in [1.29, 1.82) is 0 Å². The fourth-order valence-electron chi connectivity index (χ4n) is 10.4. The van der Waals surface area contributed by atoms with Gasteiger partial charge in [0.15, 0.2) is 0 Å². The quantitative estimate of drug-likeness (QED) is 0.161. The van der Waals surface area contributed by atoms with Crippen molar-refractivity contribution >= 4 is 0 Å². The fourth-order valence-corrected chi connectivity index (χ4v) is 10.4. The van der Waals surface area contributed by atoms with Crippen LogP contribution >= 0.6 is 0 Å². The molecule has 0 spiro atoms. The minimum Gasteiger partial charge on any atom is -0.507 e. The van der Waals surface area contributed by atoms with Gasteiger partial charge in [-0.05, 0) is 162 Å². The Morgan fingerprint density at radius 3 is 1.31 bits per heavy atom. The van der Waals surface area contributed by atoms with E-state index in [2.05, 4.69) is 96.1 Å². The van der Waals surface area contributed by atoms with Gasteiger partial charge >= 0.3 is 0 Å². The lowest BCUT2D eigenvalue weighted by Crippen LogP contribution is -2.31. The first-order valence-corrected chi connectivity index (χ1v) is 20.0. The molecule has 3 N–H and O–H groups in total. The summed E-state index contributed by atoms with van der Waals surface area (Å²) >= 11 is 0. The van der Waals surface area contributed by atoms with E-state index in [0.717, 1.165) is 52.1 Å². The Balaban J connectivity index is 0.975. The van der Waals surface area contributed by atoms with E-state index in [4.69, 9.17) is 0 Å². The molecule has 8 unspecified atom stereocenters. The second-order valence-corrected chi connectivity index (χ2v) is 17.5. The zero-order chi connectivity index (χ0) is 34.6. The lowest BCUT2D eigenvalue weighted by molar-refractivity contribution is 0.129. The van der Waals surface area contributed by atoms with Gasteiger partial charge in [-0.1, -0.05) is 103 Å². The molecule has 4 saturated carbocycles. The predicted molar refractivity (Wildman–Crippen MR) is 202 cm³/mol. The highest BCUT2D eigenvalue weighted by molar-refractivity contribution is 5.47. The summed E-state index contributed by atoms with van der Waals surface area (Å²) in [6.07, 6.45) is 12.3. The summed E-state index contributed by atoms with van der Waals surface area (Å²) in [6, 6.07) is 19.3. The number of hydrogen-bond donors (Lipinski definition) is 3. The summed E-state index contributed by atoms with van der Waals surface area (Å²) in [6.45, 7) is 13.8. The van der Waals surface area contributed by atoms with Crippen LogP contribution in [0.4, 0.5) is 0 Å². The van der Waals surface area contributed by atoms with E-state index < -0.39 is 0 Å². The average molecular weight is 663 g/mol. The van der Waals surface area contributed by atoms with Crippen molar-refractivity contribution in [3.05, 3.63) is 88.0 Å². The van der Waals surface area contributed by atoms with E-state index in [9.17, 15) is 15.3 Å². The number of para-hydroxylation sites is 3. The van der Waals surface area contributed by atoms with Crippen LogP contribution in [0.3, 0.4) is 0 Å². The highest BCUT2D eigenvalue weighted by atomic mass is 16.3. The smallest absolute Gasteiger partial charge is 0.122 e. The van der Waals surface area contributed by atoms with Crippen molar-refractivity contribution < 1.29 is 15.3 Å². The van der Waals surface area contributed by atoms with Crippen molar-refractivity contribution in [2.45, 2.75) is 141 Å². The molecule has 4 aliphatic carbocycles. The van der Waals surface area contributed by atoms with Crippen molar-refractivity contribution in [1.82, 2.24) is 0 Å². The Morgan fingerprint density at radius 2 is 0.878 bits per heavy atom. The summed E-state index contributed by atoms with van der Waals surface area (Å²) in [5, 5.41) is 34.4. The van der Waals surface area contributed by atoms with Gasteiger partial charge in [0.25, 0.3) is 0 Å². The van der Waals surface area contributed by atoms with Gasteiger partial charge < -0.3 is 15.3 Å². The second kappa shape index (κ2) is 14.0. The number of phenolic OH excluding ortho intramolecular Hbond substituents is 3. The molecule has 4 fully saturated rings. The van der Waals surface area contributed by atoms with Crippen LogP contribution < -0.4 is 0 Å². The zero-order valence-corrected chi connectivity index (χ0v) is 31.0. The molecule has 4 aliphatic rings. The van der Waals surface area contributed by atoms with Crippen molar-refractivity contribution in [3.63, 3.8) is 0 Å². The average Bonchev–Trinajstić information content (AvgIpc) is 3.98. The van der Waals surface area contributed by atoms with Crippen LogP contribution in [0.25, 0.3) is 0 Å². The Hall–Kier alpha value is -2.94. The fraction of sp³-hybridized carbons (Fsp3) is 0.609. The number of benzene rings is 3. The van der Waals surface area contributed by atoms with E-state index >= 15 is 0 Å². The molecule has 264 valence electrons. The van der Waals surface area contributed by atoms with E-state index in [0.29, 0.717) is 82.3 Å². The van der Waals surface area contributed by atoms with Crippen LogP contribution in [-0.2, 0) is 0 Å². The van der Waals surface area contributed by atoms with Crippen LogP contribution in [0.5, 0.6) is 17.2 Å². The van der Waals surface area contributed by atoms with Gasteiger partial charge in [-0.25, -0.2) is 0 Å². The molecular weight excluding hydrogens is 601 g/mol. The normalized spacial score (nSPS) is 27.3. The first-order valence-electron chi connectivity index (χ1n) is 20.0. The van der Waals surface area contributed by atoms with Crippen LogP contribution in [0, 0.1) is 35.5 Å². The molecule has 0 aliphatic heterocycles. The highest BCUT2D eigenvalue weighted by Crippen LogP contribution is 2.56. The molecule has 0 aromatic heterocycles. The highest BCUT2D eigenvalue weighted by Gasteiger charge is 2.44. The van der Waals surface area contributed by atoms with Crippen molar-refractivity contribution in [2.24, 2.45) is 35.5 Å². The SMILES string of the molecule is CC(CC1CCC1[C@@H](C)c1cccc(C(C)CC2CC2[C@H](C)c2cccc(C(C)C3CC3)c2O)c1O)c1cccc(C(C)C2CCC2)c1O. The van der Waals surface area contributed by atoms with Gasteiger partial charge in [0, 0.05) is 0 Å². The molecule has 0 bridgehead atoms. The summed E-state index contributed by atoms with van der Waals surface area (Å²) in [5.41, 5.74) is 6.72. The molecule has 3 nitrogen and oxygen atoms in total. The lowest BCUT2D eigenvalue weighted by atomic mass is 9.62. The maximum Gasteiger partial charge on any atom is 0.122 e. The largest absolute Gasteiger partial charge is 0.507 e. The molecular formula is C46H62O3. The van der Waals surface area contributed by atoms with Crippen LogP contribution in [-0.4, -0.2) is 15.3 Å². The molecule has 0 saturated heterocycles. The molecule has 3 aromatic carbocycles. The monoisotopic (exact) mass is 662 g/mol. The minimum atomic E-state index is 0.291. The topological polar surface area (TPSA) is 60.7 Å². The Labute approximate surface area is 296 Å². The molecule has 3 aromatic rings. The van der Waals surface area contributed by atoms with Gasteiger partial charge in [0.05, 0.1) is 0 Å². The van der Waals surface area contributed by atoms with E-state index in [1.165, 1.54) is 51.4 Å². The molecule has 0 heterocycles. The second-order valence-electron chi connectivity index (χ2n) is 17.5. The number of hydrogen-bond acceptors (Lipinski definition) is 3. The van der Waals surface area contributed by atoms with Crippen LogP contribution in [0.15, 0.2) is 54.6 Å². The third-order valence-corrected chi connectivity index (χ3v) is 14.6. The third-order valence-electron chi connectivity index (χ3n) is 14.6. The molecule has 0 amide bonds. The first-order chi connectivity index (χ1) is 23.5. The lowest BCUT2D eigenvalue weighted by Gasteiger charge is -2.43. The maximum absolute atomic E-state index is 11.7. The maximum atomic E-state index is 11.7. The Bertz CT molecular complexity index is 1620. The first kappa shape index (κ1) is 34.5. The summed E-state index contributed by atoms with van der Waals surface area (Å²) in [5.74, 6) is 7.53. The van der Waals surface area contributed by atoms with Crippen molar-refractivity contribution in [3.8, 4) is 17.2 Å². The number of phenols is 3. The van der Waals surface area contributed by atoms with Gasteiger partial charge in [-0.3, -0.25) is 0 Å². The Morgan fingerprint density at radius 1 is 0.469 bits per heavy atom. The summed E-state index contributed by atoms with van der Waals surface area (Å²) in [4.78, 5) is 0. The minimum absolute atomic E-state index is 0.291. The van der Waals surface area contributed by atoms with Crippen molar-refractivity contribution in [2.75, 3.05) is 0 Å². The standard InChI is InChI=1S/C46H62O3/c1-26(36-13-8-15-39(44(36)47)28(3)32-11-7-12-32)23-34-21-22-38(34)30(5)41-17-9-14-37(45(41)48)27(2)24-35-25-43(35)31(6)42-18-10-16-40(46(42)49)29(4)33-19-20-33/h8-10,13-18,26-35,38,43,47-49H,7,11-12,19-25H2,1-6H3/t26?,27?,28?,29?,30-,31-,34?,35?,38?,43?/m1/s1. The van der Waals surface area contributed by atoms with E-state index in [1.807, 2.05) is 0 Å². The van der Waals surface area contributed by atoms with Crippen LogP contribution in [0.2, 0.25) is 0 Å². The predicted octanol–water partition coefficient (Wildman–Crippen LogP) is 12.5. The third kappa shape index (κ3) is 6.77. The summed E-state index contributed by atoms with van der Waals surface area (Å²) in [7, 11) is 0. The number of rotatable bonds is 14. The van der Waals surface area contributed by atoms with Gasteiger partial charge in [0.1, 0.15) is 17.2 Å². The molecule has 7 rings (SSSR count). The molecule has 3 heteroatoms. The summed E-state index contributed by atoms with van der Waals surface area (Å²) < 4.78 is 0. The van der Waals surface area contributed by atoms with E-state index in [-0.39, 0.29) is 0 Å².